The topological polar surface area (TPSA) is 66.4 Å². The number of hydrogen-bond donors (Lipinski definition) is 3. The lowest BCUT2D eigenvalue weighted by molar-refractivity contribution is 0.0347. The van der Waals surface area contributed by atoms with Crippen LogP contribution < -0.4 is 10.6 Å². The number of aromatic nitrogens is 1. The highest BCUT2D eigenvalue weighted by molar-refractivity contribution is 5.83. The minimum absolute atomic E-state index is 0.126. The quantitative estimate of drug-likeness (QED) is 0.422. The fourth-order valence-electron chi connectivity index (χ4n) is 3.63. The van der Waals surface area contributed by atoms with Gasteiger partial charge in [-0.2, -0.15) is 0 Å². The minimum atomic E-state index is -0.548. The van der Waals surface area contributed by atoms with E-state index in [-0.39, 0.29) is 5.54 Å². The molecule has 0 amide bonds. The maximum Gasteiger partial charge on any atom is 0.0897 e. The van der Waals surface area contributed by atoms with Gasteiger partial charge in [0.2, 0.25) is 0 Å². The smallest absolute Gasteiger partial charge is 0.0897 e. The molecule has 0 aliphatic carbocycles. The highest BCUT2D eigenvalue weighted by Gasteiger charge is 2.19. The molecule has 5 nitrogen and oxygen atoms in total. The summed E-state index contributed by atoms with van der Waals surface area (Å²) in [5, 5.41) is 19.4. The molecule has 0 spiro atoms. The summed E-state index contributed by atoms with van der Waals surface area (Å²) < 4.78 is 5.67. The second-order valence-electron chi connectivity index (χ2n) is 8.35. The maximum absolute atomic E-state index is 10.3. The molecule has 0 fully saturated rings. The van der Waals surface area contributed by atoms with Crippen LogP contribution in [0.15, 0.2) is 60.8 Å². The summed E-state index contributed by atoms with van der Waals surface area (Å²) in [6.07, 6.45) is 2.84. The van der Waals surface area contributed by atoms with E-state index in [1.54, 1.807) is 6.20 Å². The monoisotopic (exact) mass is 407 g/mol. The molecule has 2 aromatic carbocycles. The molecule has 30 heavy (non-hydrogen) atoms. The Kier molecular flexibility index (Phi) is 7.80. The van der Waals surface area contributed by atoms with E-state index < -0.39 is 6.10 Å². The number of nitrogens with one attached hydrogen (secondary N) is 2. The summed E-state index contributed by atoms with van der Waals surface area (Å²) in [5.74, 6) is 0. The predicted molar refractivity (Wildman–Crippen MR) is 124 cm³/mol. The Morgan fingerprint density at radius 1 is 1.07 bits per heavy atom. The number of β-amino-alcohol motifs (C(OH)–C–C–N with tert-alkyl or cyclic N) is 1. The van der Waals surface area contributed by atoms with Gasteiger partial charge in [0.05, 0.1) is 30.7 Å². The summed E-state index contributed by atoms with van der Waals surface area (Å²) >= 11 is 0. The Bertz CT molecular complexity index is 942. The fourth-order valence-corrected chi connectivity index (χ4v) is 3.63. The largest absolute Gasteiger partial charge is 0.389 e. The van der Waals surface area contributed by atoms with Gasteiger partial charge in [-0.3, -0.25) is 4.98 Å². The van der Waals surface area contributed by atoms with Gasteiger partial charge in [0, 0.05) is 31.7 Å². The predicted octanol–water partition coefficient (Wildman–Crippen LogP) is 3.81. The van der Waals surface area contributed by atoms with Crippen LogP contribution in [0.5, 0.6) is 0 Å². The zero-order valence-corrected chi connectivity index (χ0v) is 18.2. The minimum Gasteiger partial charge on any atom is -0.389 e. The summed E-state index contributed by atoms with van der Waals surface area (Å²) in [4.78, 5) is 4.38. The van der Waals surface area contributed by atoms with E-state index >= 15 is 0 Å². The molecule has 3 rings (SSSR count). The maximum atomic E-state index is 10.3. The van der Waals surface area contributed by atoms with Gasteiger partial charge >= 0.3 is 0 Å². The Labute approximate surface area is 179 Å². The highest BCUT2D eigenvalue weighted by Crippen LogP contribution is 2.19. The number of rotatable bonds is 11. The number of aliphatic hydroxyl groups excluding tert-OH is 1. The number of fused-ring (bicyclic) bond motifs is 1. The zero-order valence-electron chi connectivity index (χ0n) is 18.2. The van der Waals surface area contributed by atoms with E-state index in [1.807, 2.05) is 19.2 Å². The first-order valence-corrected chi connectivity index (χ1v) is 10.6. The number of nitrogens with zero attached hydrogens (tertiary/aromatic N) is 1. The molecule has 0 aliphatic heterocycles. The van der Waals surface area contributed by atoms with Crippen LogP contribution in [-0.4, -0.2) is 48.5 Å². The van der Waals surface area contributed by atoms with E-state index in [9.17, 15) is 5.11 Å². The van der Waals surface area contributed by atoms with Crippen molar-refractivity contribution >= 4 is 16.5 Å². The second kappa shape index (κ2) is 10.5. The van der Waals surface area contributed by atoms with Crippen molar-refractivity contribution in [3.63, 3.8) is 0 Å². The van der Waals surface area contributed by atoms with Crippen LogP contribution in [-0.2, 0) is 17.6 Å². The van der Waals surface area contributed by atoms with E-state index in [4.69, 9.17) is 4.74 Å². The third kappa shape index (κ3) is 6.52. The molecule has 5 heteroatoms. The van der Waals surface area contributed by atoms with Crippen LogP contribution in [0, 0.1) is 0 Å². The van der Waals surface area contributed by atoms with Crippen molar-refractivity contribution in [2.75, 3.05) is 32.1 Å². The lowest BCUT2D eigenvalue weighted by Crippen LogP contribution is -2.46. The van der Waals surface area contributed by atoms with Crippen molar-refractivity contribution in [1.29, 1.82) is 0 Å². The summed E-state index contributed by atoms with van der Waals surface area (Å²) in [5.41, 5.74) is 3.15. The van der Waals surface area contributed by atoms with Gasteiger partial charge in [0.25, 0.3) is 0 Å². The van der Waals surface area contributed by atoms with Gasteiger partial charge in [-0.05, 0) is 48.7 Å². The van der Waals surface area contributed by atoms with Crippen LogP contribution in [0.3, 0.4) is 0 Å². The van der Waals surface area contributed by atoms with Crippen LogP contribution >= 0.6 is 0 Å². The van der Waals surface area contributed by atoms with Crippen molar-refractivity contribution in [3.05, 3.63) is 72.1 Å². The Morgan fingerprint density at radius 3 is 2.67 bits per heavy atom. The summed E-state index contributed by atoms with van der Waals surface area (Å²) in [6.45, 7) is 5.65. The van der Waals surface area contributed by atoms with Crippen molar-refractivity contribution < 1.29 is 9.84 Å². The SMILES string of the molecule is CNc1cccnc1CCOC[C@@H](O)CNC(C)(C)Cc1ccc2ccccc2c1. The molecule has 0 saturated carbocycles. The van der Waals surface area contributed by atoms with Gasteiger partial charge < -0.3 is 20.5 Å². The first-order chi connectivity index (χ1) is 14.5. The van der Waals surface area contributed by atoms with E-state index in [0.717, 1.165) is 17.8 Å². The molecule has 3 aromatic rings. The third-order valence-corrected chi connectivity index (χ3v) is 5.23. The lowest BCUT2D eigenvalue weighted by atomic mass is 9.93. The van der Waals surface area contributed by atoms with E-state index in [2.05, 4.69) is 71.9 Å². The van der Waals surface area contributed by atoms with Crippen LogP contribution in [0.4, 0.5) is 5.69 Å². The standard InChI is InChI=1S/C25H33N3O2/c1-25(2,16-19-10-11-20-7-4-5-8-21(20)15-19)28-17-22(29)18-30-14-12-24-23(26-3)9-6-13-27-24/h4-11,13,15,22,26,28-29H,12,14,16-18H2,1-3H3/t22-/m0/s1. The molecular weight excluding hydrogens is 374 g/mol. The Balaban J connectivity index is 1.41. The normalized spacial score (nSPS) is 12.8. The Hall–Kier alpha value is -2.47. The summed E-state index contributed by atoms with van der Waals surface area (Å²) in [6, 6.07) is 18.9. The molecule has 1 aromatic heterocycles. The van der Waals surface area contributed by atoms with E-state index in [0.29, 0.717) is 26.2 Å². The molecule has 3 N–H and O–H groups in total. The van der Waals surface area contributed by atoms with Crippen molar-refractivity contribution in [1.82, 2.24) is 10.3 Å². The molecule has 0 saturated heterocycles. The molecular formula is C25H33N3O2. The van der Waals surface area contributed by atoms with E-state index in [1.165, 1.54) is 16.3 Å². The summed E-state index contributed by atoms with van der Waals surface area (Å²) in [7, 11) is 1.89. The van der Waals surface area contributed by atoms with Crippen molar-refractivity contribution in [2.45, 2.75) is 38.3 Å². The molecule has 0 bridgehead atoms. The average molecular weight is 408 g/mol. The molecule has 160 valence electrons. The molecule has 0 aliphatic rings. The zero-order chi connectivity index (χ0) is 21.4. The van der Waals surface area contributed by atoms with Crippen LogP contribution in [0.1, 0.15) is 25.1 Å². The van der Waals surface area contributed by atoms with Gasteiger partial charge in [0.1, 0.15) is 0 Å². The molecule has 0 unspecified atom stereocenters. The average Bonchev–Trinajstić information content (AvgIpc) is 2.75. The fraction of sp³-hybridized carbons (Fsp3) is 0.400. The van der Waals surface area contributed by atoms with Gasteiger partial charge in [-0.1, -0.05) is 42.5 Å². The number of anilines is 1. The second-order valence-corrected chi connectivity index (χ2v) is 8.35. The molecule has 1 atom stereocenters. The van der Waals surface area contributed by atoms with Gasteiger partial charge in [-0.25, -0.2) is 0 Å². The number of hydrogen-bond acceptors (Lipinski definition) is 5. The highest BCUT2D eigenvalue weighted by atomic mass is 16.5. The number of benzene rings is 2. The molecule has 1 heterocycles. The first kappa shape index (κ1) is 22.2. The van der Waals surface area contributed by atoms with Crippen molar-refractivity contribution in [2.24, 2.45) is 0 Å². The van der Waals surface area contributed by atoms with Crippen molar-refractivity contribution in [3.8, 4) is 0 Å². The third-order valence-electron chi connectivity index (χ3n) is 5.23. The molecule has 0 radical (unpaired) electrons. The van der Waals surface area contributed by atoms with Gasteiger partial charge in [0.15, 0.2) is 0 Å². The number of ether oxygens (including phenoxy) is 1. The van der Waals surface area contributed by atoms with Crippen LogP contribution in [0.2, 0.25) is 0 Å². The first-order valence-electron chi connectivity index (χ1n) is 10.6. The van der Waals surface area contributed by atoms with Crippen LogP contribution in [0.25, 0.3) is 10.8 Å². The Morgan fingerprint density at radius 2 is 1.87 bits per heavy atom. The van der Waals surface area contributed by atoms with Gasteiger partial charge in [-0.15, -0.1) is 0 Å². The number of aliphatic hydroxyl groups is 1. The lowest BCUT2D eigenvalue weighted by Gasteiger charge is -2.28. The number of pyridine rings is 1.